The number of hydrogen-bond donors (Lipinski definition) is 1. The van der Waals surface area contributed by atoms with Crippen LogP contribution in [0.15, 0.2) is 18.2 Å². The van der Waals surface area contributed by atoms with Gasteiger partial charge in [0.05, 0.1) is 5.56 Å². The van der Waals surface area contributed by atoms with Gasteiger partial charge >= 0.3 is 6.18 Å². The highest BCUT2D eigenvalue weighted by Gasteiger charge is 2.41. The minimum absolute atomic E-state index is 0.256. The molecule has 0 aromatic heterocycles. The van der Waals surface area contributed by atoms with Crippen LogP contribution in [0.3, 0.4) is 0 Å². The SMILES string of the molecule is Fc1ccc(NC(C2CC2)C2CC2)cc1C(F)(F)F. The maximum Gasteiger partial charge on any atom is 0.419 e. The van der Waals surface area contributed by atoms with E-state index >= 15 is 0 Å². The van der Waals surface area contributed by atoms with Gasteiger partial charge in [-0.05, 0) is 55.7 Å². The Balaban J connectivity index is 1.80. The van der Waals surface area contributed by atoms with Crippen molar-refractivity contribution in [3.63, 3.8) is 0 Å². The molecule has 2 saturated carbocycles. The largest absolute Gasteiger partial charge is 0.419 e. The van der Waals surface area contributed by atoms with E-state index in [9.17, 15) is 17.6 Å². The third-order valence-corrected chi connectivity index (χ3v) is 3.86. The van der Waals surface area contributed by atoms with Gasteiger partial charge in [-0.25, -0.2) is 4.39 Å². The maximum absolute atomic E-state index is 13.2. The zero-order valence-corrected chi connectivity index (χ0v) is 10.3. The van der Waals surface area contributed by atoms with Crippen LogP contribution >= 0.6 is 0 Å². The van der Waals surface area contributed by atoms with Crippen LogP contribution in [0.5, 0.6) is 0 Å². The molecule has 5 heteroatoms. The minimum Gasteiger partial charge on any atom is -0.382 e. The highest BCUT2D eigenvalue weighted by molar-refractivity contribution is 5.48. The second-order valence-corrected chi connectivity index (χ2v) is 5.54. The minimum atomic E-state index is -4.64. The van der Waals surface area contributed by atoms with Crippen molar-refractivity contribution in [1.29, 1.82) is 0 Å². The van der Waals surface area contributed by atoms with Gasteiger partial charge in [-0.2, -0.15) is 13.2 Å². The Morgan fingerprint density at radius 1 is 1.05 bits per heavy atom. The molecule has 1 aromatic rings. The summed E-state index contributed by atoms with van der Waals surface area (Å²) in [6.07, 6.45) is -0.0810. The van der Waals surface area contributed by atoms with E-state index in [1.165, 1.54) is 6.07 Å². The molecule has 0 bridgehead atoms. The summed E-state index contributed by atoms with van der Waals surface area (Å²) in [5.74, 6) is -0.0637. The summed E-state index contributed by atoms with van der Waals surface area (Å²) < 4.78 is 51.1. The van der Waals surface area contributed by atoms with E-state index in [1.807, 2.05) is 0 Å². The van der Waals surface area contributed by atoms with Gasteiger partial charge in [0.25, 0.3) is 0 Å². The summed E-state index contributed by atoms with van der Waals surface area (Å²) in [5.41, 5.74) is -0.819. The molecular weight excluding hydrogens is 258 g/mol. The maximum atomic E-state index is 13.2. The Kier molecular flexibility index (Phi) is 2.95. The van der Waals surface area contributed by atoms with E-state index in [4.69, 9.17) is 0 Å². The Morgan fingerprint density at radius 2 is 1.63 bits per heavy atom. The molecule has 0 saturated heterocycles. The monoisotopic (exact) mass is 273 g/mol. The van der Waals surface area contributed by atoms with E-state index in [1.54, 1.807) is 0 Å². The van der Waals surface area contributed by atoms with Gasteiger partial charge in [-0.1, -0.05) is 0 Å². The van der Waals surface area contributed by atoms with Crippen molar-refractivity contribution < 1.29 is 17.6 Å². The Hall–Kier alpha value is -1.26. The van der Waals surface area contributed by atoms with E-state index in [2.05, 4.69) is 5.32 Å². The molecule has 0 radical (unpaired) electrons. The quantitative estimate of drug-likeness (QED) is 0.799. The summed E-state index contributed by atoms with van der Waals surface area (Å²) in [5, 5.41) is 3.18. The molecule has 3 rings (SSSR count). The molecule has 0 spiro atoms. The highest BCUT2D eigenvalue weighted by Crippen LogP contribution is 2.46. The summed E-state index contributed by atoms with van der Waals surface area (Å²) in [6, 6.07) is 3.42. The van der Waals surface area contributed by atoms with E-state index in [0.29, 0.717) is 17.5 Å². The standard InChI is InChI=1S/C14H15F4N/c15-12-6-5-10(7-11(12)14(16,17)18)19-13(8-1-2-8)9-3-4-9/h5-9,13,19H,1-4H2. The van der Waals surface area contributed by atoms with Gasteiger partial charge in [0, 0.05) is 11.7 Å². The van der Waals surface area contributed by atoms with Crippen molar-refractivity contribution in [2.75, 3.05) is 5.32 Å². The fourth-order valence-corrected chi connectivity index (χ4v) is 2.56. The Bertz CT molecular complexity index is 463. The molecular formula is C14H15F4N. The molecule has 19 heavy (non-hydrogen) atoms. The number of benzene rings is 1. The highest BCUT2D eigenvalue weighted by atomic mass is 19.4. The first kappa shape index (κ1) is 12.8. The molecule has 0 heterocycles. The Labute approximate surface area is 109 Å². The van der Waals surface area contributed by atoms with E-state index < -0.39 is 17.6 Å². The fourth-order valence-electron chi connectivity index (χ4n) is 2.56. The van der Waals surface area contributed by atoms with Crippen molar-refractivity contribution in [3.05, 3.63) is 29.6 Å². The van der Waals surface area contributed by atoms with Crippen molar-refractivity contribution in [1.82, 2.24) is 0 Å². The third-order valence-electron chi connectivity index (χ3n) is 3.86. The first-order valence-corrected chi connectivity index (χ1v) is 6.58. The molecule has 0 atom stereocenters. The van der Waals surface area contributed by atoms with Gasteiger partial charge in [0.1, 0.15) is 5.82 Å². The predicted molar refractivity (Wildman–Crippen MR) is 64.3 cm³/mol. The fraction of sp³-hybridized carbons (Fsp3) is 0.571. The number of nitrogens with one attached hydrogen (secondary N) is 1. The van der Waals surface area contributed by atoms with Crippen molar-refractivity contribution >= 4 is 5.69 Å². The van der Waals surface area contributed by atoms with Crippen LogP contribution in [-0.4, -0.2) is 6.04 Å². The lowest BCUT2D eigenvalue weighted by atomic mass is 10.1. The second kappa shape index (κ2) is 4.39. The lowest BCUT2D eigenvalue weighted by Gasteiger charge is -2.20. The summed E-state index contributed by atoms with van der Waals surface area (Å²) in [7, 11) is 0. The average molecular weight is 273 g/mol. The van der Waals surface area contributed by atoms with E-state index in [-0.39, 0.29) is 6.04 Å². The van der Waals surface area contributed by atoms with Crippen molar-refractivity contribution in [3.8, 4) is 0 Å². The average Bonchev–Trinajstić information content (AvgIpc) is 3.19. The number of anilines is 1. The number of halogens is 4. The second-order valence-electron chi connectivity index (χ2n) is 5.54. The summed E-state index contributed by atoms with van der Waals surface area (Å²) in [4.78, 5) is 0. The van der Waals surface area contributed by atoms with Crippen molar-refractivity contribution in [2.45, 2.75) is 37.9 Å². The summed E-state index contributed by atoms with van der Waals surface area (Å²) >= 11 is 0. The molecule has 104 valence electrons. The number of rotatable bonds is 4. The topological polar surface area (TPSA) is 12.0 Å². The van der Waals surface area contributed by atoms with Crippen LogP contribution in [0.2, 0.25) is 0 Å². The Morgan fingerprint density at radius 3 is 2.11 bits per heavy atom. The molecule has 2 aliphatic carbocycles. The van der Waals surface area contributed by atoms with Gasteiger partial charge < -0.3 is 5.32 Å². The van der Waals surface area contributed by atoms with Crippen LogP contribution < -0.4 is 5.32 Å². The molecule has 2 fully saturated rings. The van der Waals surface area contributed by atoms with Gasteiger partial charge in [0.2, 0.25) is 0 Å². The lowest BCUT2D eigenvalue weighted by Crippen LogP contribution is -2.24. The smallest absolute Gasteiger partial charge is 0.382 e. The molecule has 1 N–H and O–H groups in total. The van der Waals surface area contributed by atoms with Crippen LogP contribution in [0, 0.1) is 17.7 Å². The molecule has 1 aromatic carbocycles. The van der Waals surface area contributed by atoms with Crippen LogP contribution in [0.25, 0.3) is 0 Å². The number of alkyl halides is 3. The third kappa shape index (κ3) is 2.85. The first-order valence-electron chi connectivity index (χ1n) is 6.58. The first-order chi connectivity index (χ1) is 8.95. The van der Waals surface area contributed by atoms with E-state index in [0.717, 1.165) is 37.8 Å². The van der Waals surface area contributed by atoms with Crippen molar-refractivity contribution in [2.24, 2.45) is 11.8 Å². The number of hydrogen-bond acceptors (Lipinski definition) is 1. The van der Waals surface area contributed by atoms with Crippen LogP contribution in [0.1, 0.15) is 31.2 Å². The predicted octanol–water partition coefficient (Wildman–Crippen LogP) is 4.45. The van der Waals surface area contributed by atoms with Crippen LogP contribution in [0.4, 0.5) is 23.2 Å². The molecule has 0 unspecified atom stereocenters. The van der Waals surface area contributed by atoms with Crippen LogP contribution in [-0.2, 0) is 6.18 Å². The lowest BCUT2D eigenvalue weighted by molar-refractivity contribution is -0.139. The molecule has 0 amide bonds. The van der Waals surface area contributed by atoms with Gasteiger partial charge in [0.15, 0.2) is 0 Å². The zero-order valence-electron chi connectivity index (χ0n) is 10.3. The summed E-state index contributed by atoms with van der Waals surface area (Å²) in [6.45, 7) is 0. The molecule has 0 aliphatic heterocycles. The zero-order chi connectivity index (χ0) is 13.6. The van der Waals surface area contributed by atoms with Gasteiger partial charge in [-0.15, -0.1) is 0 Å². The molecule has 1 nitrogen and oxygen atoms in total. The normalized spacial score (nSPS) is 19.8. The van der Waals surface area contributed by atoms with Gasteiger partial charge in [-0.3, -0.25) is 0 Å². The molecule has 2 aliphatic rings.